The van der Waals surface area contributed by atoms with Crippen LogP contribution in [0.2, 0.25) is 0 Å². The minimum atomic E-state index is -2.86. The molecule has 2 aromatic carbocycles. The van der Waals surface area contributed by atoms with E-state index in [1.54, 1.807) is 12.1 Å². The number of nitrogens with one attached hydrogen (secondary N) is 1. The van der Waals surface area contributed by atoms with Crippen molar-refractivity contribution in [1.82, 2.24) is 5.32 Å². The number of ether oxygens (including phenoxy) is 3. The average Bonchev–Trinajstić information content (AvgIpc) is 2.69. The average molecular weight is 407 g/mol. The first-order chi connectivity index (χ1) is 13.9. The standard InChI is InChI=1S/C21H23F2NO5/c1-15-2-6-17(7-3-15)27-13-11-20(26)28-14-19(25)24-12-10-16-4-8-18(9-5-16)29-21(22)23/h2-9,21H,10-14H2,1H3,(H,24,25). The number of carbonyl (C=O) groups excluding carboxylic acids is 2. The molecule has 0 saturated heterocycles. The molecule has 1 N–H and O–H groups in total. The van der Waals surface area contributed by atoms with Crippen LogP contribution in [0.4, 0.5) is 8.78 Å². The Morgan fingerprint density at radius 2 is 1.66 bits per heavy atom. The lowest BCUT2D eigenvalue weighted by Crippen LogP contribution is -2.30. The van der Waals surface area contributed by atoms with Crippen LogP contribution in [0, 0.1) is 6.92 Å². The van der Waals surface area contributed by atoms with Gasteiger partial charge < -0.3 is 19.5 Å². The summed E-state index contributed by atoms with van der Waals surface area (Å²) in [6.07, 6.45) is 0.535. The fraction of sp³-hybridized carbons (Fsp3) is 0.333. The van der Waals surface area contributed by atoms with E-state index in [4.69, 9.17) is 9.47 Å². The summed E-state index contributed by atoms with van der Waals surface area (Å²) in [6.45, 7) is -0.785. The van der Waals surface area contributed by atoms with Gasteiger partial charge in [0, 0.05) is 6.54 Å². The summed E-state index contributed by atoms with van der Waals surface area (Å²) in [5, 5.41) is 2.62. The van der Waals surface area contributed by atoms with Crippen LogP contribution in [0.25, 0.3) is 0 Å². The summed E-state index contributed by atoms with van der Waals surface area (Å²) in [7, 11) is 0. The Bertz CT molecular complexity index is 779. The van der Waals surface area contributed by atoms with Crippen LogP contribution >= 0.6 is 0 Å². The SMILES string of the molecule is Cc1ccc(OCCC(=O)OCC(=O)NCCc2ccc(OC(F)F)cc2)cc1. The molecule has 2 rings (SSSR count). The monoisotopic (exact) mass is 407 g/mol. The lowest BCUT2D eigenvalue weighted by molar-refractivity contribution is -0.149. The molecule has 0 fully saturated rings. The molecule has 0 spiro atoms. The van der Waals surface area contributed by atoms with E-state index in [-0.39, 0.29) is 25.4 Å². The Morgan fingerprint density at radius 3 is 2.31 bits per heavy atom. The second-order valence-corrected chi connectivity index (χ2v) is 6.19. The van der Waals surface area contributed by atoms with Crippen LogP contribution < -0.4 is 14.8 Å². The molecule has 0 atom stereocenters. The van der Waals surface area contributed by atoms with Crippen LogP contribution in [0.1, 0.15) is 17.5 Å². The van der Waals surface area contributed by atoms with E-state index < -0.39 is 18.5 Å². The zero-order chi connectivity index (χ0) is 21.1. The zero-order valence-electron chi connectivity index (χ0n) is 16.0. The minimum Gasteiger partial charge on any atom is -0.493 e. The number of carbonyl (C=O) groups is 2. The van der Waals surface area contributed by atoms with E-state index in [1.165, 1.54) is 12.1 Å². The van der Waals surface area contributed by atoms with Gasteiger partial charge in [0.1, 0.15) is 11.5 Å². The van der Waals surface area contributed by atoms with Gasteiger partial charge in [-0.25, -0.2) is 0 Å². The topological polar surface area (TPSA) is 73.9 Å². The van der Waals surface area contributed by atoms with Crippen molar-refractivity contribution in [3.8, 4) is 11.5 Å². The highest BCUT2D eigenvalue weighted by molar-refractivity contribution is 5.80. The third-order valence-corrected chi connectivity index (χ3v) is 3.84. The molecule has 0 aliphatic heterocycles. The van der Waals surface area contributed by atoms with Crippen molar-refractivity contribution in [2.75, 3.05) is 19.8 Å². The van der Waals surface area contributed by atoms with Gasteiger partial charge in [0.2, 0.25) is 0 Å². The second kappa shape index (κ2) is 11.6. The lowest BCUT2D eigenvalue weighted by atomic mass is 10.1. The van der Waals surface area contributed by atoms with Gasteiger partial charge in [-0.2, -0.15) is 8.78 Å². The number of aryl methyl sites for hydroxylation is 1. The summed E-state index contributed by atoms with van der Waals surface area (Å²) in [5.41, 5.74) is 1.96. The Labute approximate surface area is 167 Å². The van der Waals surface area contributed by atoms with Gasteiger partial charge in [-0.05, 0) is 43.2 Å². The van der Waals surface area contributed by atoms with E-state index in [1.807, 2.05) is 31.2 Å². The van der Waals surface area contributed by atoms with Crippen LogP contribution in [-0.2, 0) is 20.7 Å². The molecule has 2 aromatic rings. The third kappa shape index (κ3) is 9.05. The molecule has 8 heteroatoms. The quantitative estimate of drug-likeness (QED) is 0.579. The largest absolute Gasteiger partial charge is 0.493 e. The van der Waals surface area contributed by atoms with E-state index in [2.05, 4.69) is 10.1 Å². The molecule has 0 aliphatic rings. The van der Waals surface area contributed by atoms with Crippen molar-refractivity contribution in [2.24, 2.45) is 0 Å². The van der Waals surface area contributed by atoms with E-state index >= 15 is 0 Å². The molecule has 6 nitrogen and oxygen atoms in total. The predicted octanol–water partition coefficient (Wildman–Crippen LogP) is 3.27. The molecule has 0 radical (unpaired) electrons. The number of hydrogen-bond donors (Lipinski definition) is 1. The van der Waals surface area contributed by atoms with E-state index in [9.17, 15) is 18.4 Å². The maximum Gasteiger partial charge on any atom is 0.387 e. The number of amides is 1. The number of hydrogen-bond acceptors (Lipinski definition) is 5. The maximum absolute atomic E-state index is 12.1. The Kier molecular flexibility index (Phi) is 8.88. The first-order valence-electron chi connectivity index (χ1n) is 9.08. The summed E-state index contributed by atoms with van der Waals surface area (Å²) in [6, 6.07) is 13.6. The summed E-state index contributed by atoms with van der Waals surface area (Å²) in [5.74, 6) is -0.210. The molecule has 1 amide bonds. The zero-order valence-corrected chi connectivity index (χ0v) is 16.0. The van der Waals surface area contributed by atoms with Crippen molar-refractivity contribution in [3.05, 3.63) is 59.7 Å². The smallest absolute Gasteiger partial charge is 0.387 e. The second-order valence-electron chi connectivity index (χ2n) is 6.19. The van der Waals surface area contributed by atoms with Crippen molar-refractivity contribution in [2.45, 2.75) is 26.4 Å². The van der Waals surface area contributed by atoms with Gasteiger partial charge in [0.25, 0.3) is 5.91 Å². The van der Waals surface area contributed by atoms with Crippen LogP contribution in [0.5, 0.6) is 11.5 Å². The number of alkyl halides is 2. The highest BCUT2D eigenvalue weighted by Crippen LogP contribution is 2.15. The molecular formula is C21H23F2NO5. The predicted molar refractivity (Wildman–Crippen MR) is 102 cm³/mol. The van der Waals surface area contributed by atoms with Gasteiger partial charge in [-0.15, -0.1) is 0 Å². The summed E-state index contributed by atoms with van der Waals surface area (Å²) < 4.78 is 38.8. The molecule has 0 heterocycles. The maximum atomic E-state index is 12.1. The summed E-state index contributed by atoms with van der Waals surface area (Å²) >= 11 is 0. The minimum absolute atomic E-state index is 0.0359. The lowest BCUT2D eigenvalue weighted by Gasteiger charge is -2.08. The molecule has 0 aliphatic carbocycles. The first-order valence-corrected chi connectivity index (χ1v) is 9.08. The van der Waals surface area contributed by atoms with Crippen LogP contribution in [-0.4, -0.2) is 38.2 Å². The molecule has 0 bridgehead atoms. The highest BCUT2D eigenvalue weighted by Gasteiger charge is 2.08. The highest BCUT2D eigenvalue weighted by atomic mass is 19.3. The van der Waals surface area contributed by atoms with Crippen LogP contribution in [0.15, 0.2) is 48.5 Å². The van der Waals surface area contributed by atoms with E-state index in [0.717, 1.165) is 11.1 Å². The third-order valence-electron chi connectivity index (χ3n) is 3.84. The fourth-order valence-corrected chi connectivity index (χ4v) is 2.34. The molecule has 29 heavy (non-hydrogen) atoms. The van der Waals surface area contributed by atoms with Gasteiger partial charge >= 0.3 is 12.6 Å². The van der Waals surface area contributed by atoms with Crippen LogP contribution in [0.3, 0.4) is 0 Å². The molecule has 0 saturated carbocycles. The normalized spacial score (nSPS) is 10.5. The molecule has 156 valence electrons. The molecule has 0 unspecified atom stereocenters. The van der Waals surface area contributed by atoms with Gasteiger partial charge in [-0.1, -0.05) is 29.8 Å². The Morgan fingerprint density at radius 1 is 1.00 bits per heavy atom. The Balaban J connectivity index is 1.56. The summed E-state index contributed by atoms with van der Waals surface area (Å²) in [4.78, 5) is 23.4. The number of rotatable bonds is 11. The van der Waals surface area contributed by atoms with Gasteiger partial charge in [-0.3, -0.25) is 9.59 Å². The van der Waals surface area contributed by atoms with Gasteiger partial charge in [0.05, 0.1) is 13.0 Å². The molecule has 0 aromatic heterocycles. The number of halogens is 2. The van der Waals surface area contributed by atoms with Crippen molar-refractivity contribution >= 4 is 11.9 Å². The number of benzene rings is 2. The van der Waals surface area contributed by atoms with Crippen molar-refractivity contribution < 1.29 is 32.6 Å². The van der Waals surface area contributed by atoms with Crippen molar-refractivity contribution in [3.63, 3.8) is 0 Å². The van der Waals surface area contributed by atoms with Crippen molar-refractivity contribution in [1.29, 1.82) is 0 Å². The number of esters is 1. The Hall–Kier alpha value is -3.16. The molecular weight excluding hydrogens is 384 g/mol. The van der Waals surface area contributed by atoms with E-state index in [0.29, 0.717) is 18.7 Å². The van der Waals surface area contributed by atoms with Gasteiger partial charge in [0.15, 0.2) is 6.61 Å². The first kappa shape index (κ1) is 22.1. The fourth-order valence-electron chi connectivity index (χ4n) is 2.34.